The Balaban J connectivity index is 2.15. The van der Waals surface area contributed by atoms with Crippen molar-refractivity contribution in [3.8, 4) is 0 Å². The van der Waals surface area contributed by atoms with Gasteiger partial charge in [0.25, 0.3) is 0 Å². The van der Waals surface area contributed by atoms with Crippen molar-refractivity contribution in [2.75, 3.05) is 5.75 Å². The van der Waals surface area contributed by atoms with Gasteiger partial charge in [-0.15, -0.1) is 11.8 Å². The van der Waals surface area contributed by atoms with Gasteiger partial charge in [0, 0.05) is 10.6 Å². The molecule has 18 heavy (non-hydrogen) atoms. The molecule has 1 aliphatic heterocycles. The van der Waals surface area contributed by atoms with Crippen LogP contribution in [0.1, 0.15) is 25.3 Å². The van der Waals surface area contributed by atoms with Crippen LogP contribution in [0.25, 0.3) is 0 Å². The smallest absolute Gasteiger partial charge is 0.328 e. The van der Waals surface area contributed by atoms with E-state index in [1.54, 1.807) is 11.8 Å². The molecule has 1 aromatic rings. The van der Waals surface area contributed by atoms with Crippen LogP contribution in [-0.2, 0) is 9.59 Å². The quantitative estimate of drug-likeness (QED) is 0.875. The Labute approximate surface area is 110 Å². The Kier molecular flexibility index (Phi) is 3.34. The number of benzene rings is 1. The van der Waals surface area contributed by atoms with Gasteiger partial charge in [-0.1, -0.05) is 18.2 Å². The molecular weight excluding hydrogens is 250 g/mol. The summed E-state index contributed by atoms with van der Waals surface area (Å²) in [6.45, 7) is 2.97. The van der Waals surface area contributed by atoms with Gasteiger partial charge in [-0.3, -0.25) is 4.79 Å². The summed E-state index contributed by atoms with van der Waals surface area (Å²) in [4.78, 5) is 24.2. The van der Waals surface area contributed by atoms with E-state index in [-0.39, 0.29) is 11.8 Å². The maximum atomic E-state index is 12.1. The summed E-state index contributed by atoms with van der Waals surface area (Å²) < 4.78 is 0. The summed E-state index contributed by atoms with van der Waals surface area (Å²) in [5.74, 6) is -0.847. The number of rotatable bonds is 3. The highest BCUT2D eigenvalue weighted by Crippen LogP contribution is 2.39. The summed E-state index contributed by atoms with van der Waals surface area (Å²) in [5.41, 5.74) is -0.250. The molecular formula is C13H15NO3S. The molecule has 1 amide bonds. The van der Waals surface area contributed by atoms with E-state index in [2.05, 4.69) is 5.32 Å². The SMILES string of the molecule is CC(C)(NC(=O)C1CSc2ccccc21)C(=O)O. The standard InChI is InChI=1S/C13H15NO3S/c1-13(2,12(16)17)14-11(15)9-7-18-10-6-4-3-5-8(9)10/h3-6,9H,7H2,1-2H3,(H,14,15)(H,16,17). The summed E-state index contributed by atoms with van der Waals surface area (Å²) in [6, 6.07) is 7.74. The number of carboxylic acid groups (broad SMARTS) is 1. The van der Waals surface area contributed by atoms with Gasteiger partial charge in [0.2, 0.25) is 5.91 Å². The van der Waals surface area contributed by atoms with Gasteiger partial charge in [0.15, 0.2) is 0 Å². The second-order valence-corrected chi connectivity index (χ2v) is 5.88. The molecule has 0 bridgehead atoms. The van der Waals surface area contributed by atoms with Crippen molar-refractivity contribution in [2.24, 2.45) is 0 Å². The second-order valence-electron chi connectivity index (χ2n) is 4.82. The van der Waals surface area contributed by atoms with Gasteiger partial charge in [-0.2, -0.15) is 0 Å². The van der Waals surface area contributed by atoms with Gasteiger partial charge >= 0.3 is 5.97 Å². The minimum Gasteiger partial charge on any atom is -0.480 e. The van der Waals surface area contributed by atoms with Crippen LogP contribution in [-0.4, -0.2) is 28.3 Å². The number of nitrogens with one attached hydrogen (secondary N) is 1. The van der Waals surface area contributed by atoms with Crippen LogP contribution in [0.2, 0.25) is 0 Å². The summed E-state index contributed by atoms with van der Waals surface area (Å²) in [5, 5.41) is 11.6. The van der Waals surface area contributed by atoms with E-state index >= 15 is 0 Å². The average molecular weight is 265 g/mol. The van der Waals surface area contributed by atoms with E-state index in [0.717, 1.165) is 10.5 Å². The molecule has 0 aromatic heterocycles. The van der Waals surface area contributed by atoms with Crippen molar-refractivity contribution in [1.29, 1.82) is 0 Å². The molecule has 0 spiro atoms. The molecule has 0 fully saturated rings. The third-order valence-corrected chi connectivity index (χ3v) is 4.17. The van der Waals surface area contributed by atoms with Gasteiger partial charge in [0.05, 0.1) is 5.92 Å². The number of amides is 1. The van der Waals surface area contributed by atoms with Gasteiger partial charge in [-0.25, -0.2) is 4.79 Å². The zero-order valence-electron chi connectivity index (χ0n) is 10.3. The van der Waals surface area contributed by atoms with E-state index in [1.807, 2.05) is 24.3 Å². The zero-order valence-corrected chi connectivity index (χ0v) is 11.1. The summed E-state index contributed by atoms with van der Waals surface area (Å²) in [6.07, 6.45) is 0. The van der Waals surface area contributed by atoms with Crippen LogP contribution in [0, 0.1) is 0 Å². The number of fused-ring (bicyclic) bond motifs is 1. The largest absolute Gasteiger partial charge is 0.480 e. The number of aliphatic carboxylic acids is 1. The highest BCUT2D eigenvalue weighted by Gasteiger charge is 2.35. The predicted octanol–water partition coefficient (Wildman–Crippen LogP) is 1.86. The van der Waals surface area contributed by atoms with E-state index in [4.69, 9.17) is 5.11 Å². The Bertz CT molecular complexity index is 499. The molecule has 0 radical (unpaired) electrons. The molecule has 1 heterocycles. The number of hydrogen-bond acceptors (Lipinski definition) is 3. The van der Waals surface area contributed by atoms with Crippen molar-refractivity contribution in [3.05, 3.63) is 29.8 Å². The fraction of sp³-hybridized carbons (Fsp3) is 0.385. The first-order valence-corrected chi connectivity index (χ1v) is 6.67. The van der Waals surface area contributed by atoms with E-state index in [1.165, 1.54) is 13.8 Å². The molecule has 0 saturated heterocycles. The lowest BCUT2D eigenvalue weighted by atomic mass is 9.98. The molecule has 1 aliphatic rings. The van der Waals surface area contributed by atoms with Gasteiger partial charge in [0.1, 0.15) is 5.54 Å². The maximum absolute atomic E-state index is 12.1. The highest BCUT2D eigenvalue weighted by molar-refractivity contribution is 7.99. The normalized spacial score (nSPS) is 18.2. The average Bonchev–Trinajstić information content (AvgIpc) is 2.71. The molecule has 1 atom stereocenters. The molecule has 0 saturated carbocycles. The highest BCUT2D eigenvalue weighted by atomic mass is 32.2. The van der Waals surface area contributed by atoms with Crippen LogP contribution in [0.5, 0.6) is 0 Å². The Morgan fingerprint density at radius 3 is 2.72 bits per heavy atom. The van der Waals surface area contributed by atoms with Crippen molar-refractivity contribution < 1.29 is 14.7 Å². The summed E-state index contributed by atoms with van der Waals surface area (Å²) in [7, 11) is 0. The van der Waals surface area contributed by atoms with E-state index < -0.39 is 11.5 Å². The lowest BCUT2D eigenvalue weighted by Gasteiger charge is -2.23. The first-order valence-electron chi connectivity index (χ1n) is 5.69. The van der Waals surface area contributed by atoms with Crippen LogP contribution < -0.4 is 5.32 Å². The molecule has 4 nitrogen and oxygen atoms in total. The molecule has 1 unspecified atom stereocenters. The first kappa shape index (κ1) is 13.0. The molecule has 96 valence electrons. The van der Waals surface area contributed by atoms with Crippen molar-refractivity contribution in [3.63, 3.8) is 0 Å². The number of carbonyl (C=O) groups is 2. The van der Waals surface area contributed by atoms with E-state index in [9.17, 15) is 9.59 Å². The predicted molar refractivity (Wildman–Crippen MR) is 69.8 cm³/mol. The minimum absolute atomic E-state index is 0.222. The maximum Gasteiger partial charge on any atom is 0.328 e. The summed E-state index contributed by atoms with van der Waals surface area (Å²) >= 11 is 1.63. The van der Waals surface area contributed by atoms with Gasteiger partial charge < -0.3 is 10.4 Å². The number of carboxylic acids is 1. The molecule has 2 rings (SSSR count). The molecule has 5 heteroatoms. The first-order chi connectivity index (χ1) is 8.42. The van der Waals surface area contributed by atoms with Crippen LogP contribution in [0.4, 0.5) is 0 Å². The zero-order chi connectivity index (χ0) is 13.3. The van der Waals surface area contributed by atoms with Crippen LogP contribution in [0.3, 0.4) is 0 Å². The van der Waals surface area contributed by atoms with Crippen molar-refractivity contribution >= 4 is 23.6 Å². The second kappa shape index (κ2) is 4.65. The fourth-order valence-electron chi connectivity index (χ4n) is 1.83. The molecule has 1 aromatic carbocycles. The van der Waals surface area contributed by atoms with Crippen molar-refractivity contribution in [2.45, 2.75) is 30.2 Å². The Morgan fingerprint density at radius 2 is 2.06 bits per heavy atom. The van der Waals surface area contributed by atoms with Gasteiger partial charge in [-0.05, 0) is 25.5 Å². The van der Waals surface area contributed by atoms with E-state index in [0.29, 0.717) is 5.75 Å². The molecule has 0 aliphatic carbocycles. The third kappa shape index (κ3) is 2.36. The fourth-order valence-corrected chi connectivity index (χ4v) is 3.06. The van der Waals surface area contributed by atoms with Crippen molar-refractivity contribution in [1.82, 2.24) is 5.32 Å². The minimum atomic E-state index is -1.24. The van der Waals surface area contributed by atoms with Crippen LogP contribution in [0.15, 0.2) is 29.2 Å². The lowest BCUT2D eigenvalue weighted by molar-refractivity contribution is -0.146. The number of carbonyl (C=O) groups excluding carboxylic acids is 1. The monoisotopic (exact) mass is 265 g/mol. The molecule has 2 N–H and O–H groups in total. The Hall–Kier alpha value is -1.49. The topological polar surface area (TPSA) is 66.4 Å². The lowest BCUT2D eigenvalue weighted by Crippen LogP contribution is -2.51. The number of thioether (sulfide) groups is 1. The Morgan fingerprint density at radius 1 is 1.39 bits per heavy atom. The van der Waals surface area contributed by atoms with Crippen LogP contribution >= 0.6 is 11.8 Å². The third-order valence-electron chi connectivity index (χ3n) is 2.99. The number of hydrogen-bond donors (Lipinski definition) is 2.